The average Bonchev–Trinajstić information content (AvgIpc) is 2.50. The van der Waals surface area contributed by atoms with Gasteiger partial charge >= 0.3 is 12.1 Å². The van der Waals surface area contributed by atoms with Crippen LogP contribution in [0.15, 0.2) is 6.20 Å². The molecule has 0 radical (unpaired) electrons. The Balaban J connectivity index is 2.68. The van der Waals surface area contributed by atoms with Crippen LogP contribution in [-0.2, 0) is 11.3 Å². The minimum Gasteiger partial charge on any atom is -0.461 e. The maximum atomic E-state index is 11.9. The normalized spacial score (nSPS) is 11.5. The molecule has 0 spiro atoms. The molecule has 0 atom stereocenters. The molecule has 0 aliphatic carbocycles. The van der Waals surface area contributed by atoms with Crippen molar-refractivity contribution in [3.8, 4) is 0 Å². The molecular formula is C7H8F3N3O2. The van der Waals surface area contributed by atoms with Crippen molar-refractivity contribution in [2.75, 3.05) is 6.61 Å². The summed E-state index contributed by atoms with van der Waals surface area (Å²) in [4.78, 5) is 11.4. The van der Waals surface area contributed by atoms with Crippen LogP contribution < -0.4 is 0 Å². The molecule has 1 aromatic heterocycles. The van der Waals surface area contributed by atoms with Gasteiger partial charge in [-0.05, 0) is 6.92 Å². The molecule has 1 heterocycles. The molecule has 0 aliphatic rings. The Hall–Kier alpha value is -1.60. The third-order valence-corrected chi connectivity index (χ3v) is 1.34. The van der Waals surface area contributed by atoms with E-state index in [2.05, 4.69) is 14.9 Å². The smallest absolute Gasteiger partial charge is 0.409 e. The number of halogens is 3. The minimum atomic E-state index is -4.41. The molecule has 0 aromatic carbocycles. The Bertz CT molecular complexity index is 347. The Morgan fingerprint density at radius 1 is 1.60 bits per heavy atom. The predicted molar refractivity (Wildman–Crippen MR) is 42.0 cm³/mol. The van der Waals surface area contributed by atoms with Crippen molar-refractivity contribution in [1.29, 1.82) is 0 Å². The fourth-order valence-electron chi connectivity index (χ4n) is 0.832. The van der Waals surface area contributed by atoms with Crippen LogP contribution in [0.4, 0.5) is 13.2 Å². The van der Waals surface area contributed by atoms with Crippen LogP contribution >= 0.6 is 0 Å². The number of hydrogen-bond acceptors (Lipinski definition) is 4. The van der Waals surface area contributed by atoms with Crippen molar-refractivity contribution in [2.24, 2.45) is 0 Å². The second kappa shape index (κ2) is 4.28. The standard InChI is InChI=1S/C7H8F3N3O2/c1-2-15-6(14)5-3-11-13(12-5)4-7(8,9)10/h3H,2,4H2,1H3. The molecular weight excluding hydrogens is 215 g/mol. The van der Waals surface area contributed by atoms with Gasteiger partial charge in [0.25, 0.3) is 0 Å². The van der Waals surface area contributed by atoms with E-state index in [9.17, 15) is 18.0 Å². The summed E-state index contributed by atoms with van der Waals surface area (Å²) in [6.45, 7) is 0.384. The maximum absolute atomic E-state index is 11.9. The first-order valence-electron chi connectivity index (χ1n) is 4.06. The zero-order valence-corrected chi connectivity index (χ0v) is 7.78. The third-order valence-electron chi connectivity index (χ3n) is 1.34. The fraction of sp³-hybridized carbons (Fsp3) is 0.571. The van der Waals surface area contributed by atoms with Gasteiger partial charge < -0.3 is 4.74 Å². The van der Waals surface area contributed by atoms with E-state index in [1.54, 1.807) is 6.92 Å². The highest BCUT2D eigenvalue weighted by atomic mass is 19.4. The quantitative estimate of drug-likeness (QED) is 0.718. The average molecular weight is 223 g/mol. The Kier molecular flexibility index (Phi) is 3.28. The molecule has 5 nitrogen and oxygen atoms in total. The van der Waals surface area contributed by atoms with Gasteiger partial charge in [-0.15, -0.1) is 5.10 Å². The van der Waals surface area contributed by atoms with Crippen LogP contribution in [0.1, 0.15) is 17.4 Å². The largest absolute Gasteiger partial charge is 0.461 e. The summed E-state index contributed by atoms with van der Waals surface area (Å²) < 4.78 is 40.2. The second-order valence-corrected chi connectivity index (χ2v) is 2.60. The van der Waals surface area contributed by atoms with Crippen LogP contribution in [0.3, 0.4) is 0 Å². The van der Waals surface area contributed by atoms with Gasteiger partial charge in [0.1, 0.15) is 0 Å². The molecule has 0 amide bonds. The Morgan fingerprint density at radius 2 is 2.27 bits per heavy atom. The van der Waals surface area contributed by atoms with Gasteiger partial charge in [-0.1, -0.05) is 0 Å². The first-order valence-corrected chi connectivity index (χ1v) is 4.06. The van der Waals surface area contributed by atoms with Crippen molar-refractivity contribution in [1.82, 2.24) is 15.0 Å². The van der Waals surface area contributed by atoms with E-state index in [-0.39, 0.29) is 12.3 Å². The summed E-state index contributed by atoms with van der Waals surface area (Å²) in [6.07, 6.45) is -3.48. The number of rotatable bonds is 3. The predicted octanol–water partition coefficient (Wildman–Crippen LogP) is 1.02. The van der Waals surface area contributed by atoms with Gasteiger partial charge in [0, 0.05) is 0 Å². The molecule has 0 fully saturated rings. The lowest BCUT2D eigenvalue weighted by Crippen LogP contribution is -2.20. The highest BCUT2D eigenvalue weighted by molar-refractivity contribution is 5.86. The first kappa shape index (κ1) is 11.5. The molecule has 0 saturated heterocycles. The third kappa shape index (κ3) is 3.56. The summed E-state index contributed by atoms with van der Waals surface area (Å²) >= 11 is 0. The van der Waals surface area contributed by atoms with E-state index in [0.29, 0.717) is 4.80 Å². The van der Waals surface area contributed by atoms with Gasteiger partial charge in [-0.3, -0.25) is 0 Å². The topological polar surface area (TPSA) is 57.0 Å². The monoisotopic (exact) mass is 223 g/mol. The summed E-state index contributed by atoms with van der Waals surface area (Å²) in [5.74, 6) is -0.786. The fourth-order valence-corrected chi connectivity index (χ4v) is 0.832. The number of carbonyl (C=O) groups excluding carboxylic acids is 1. The van der Waals surface area contributed by atoms with Gasteiger partial charge in [-0.2, -0.15) is 23.1 Å². The van der Waals surface area contributed by atoms with Crippen LogP contribution in [0.2, 0.25) is 0 Å². The lowest BCUT2D eigenvalue weighted by Gasteiger charge is -2.03. The zero-order chi connectivity index (χ0) is 11.5. The summed E-state index contributed by atoms with van der Waals surface area (Å²) in [6, 6.07) is 0. The highest BCUT2D eigenvalue weighted by Gasteiger charge is 2.29. The summed E-state index contributed by atoms with van der Waals surface area (Å²) in [5.41, 5.74) is -0.235. The summed E-state index contributed by atoms with van der Waals surface area (Å²) in [7, 11) is 0. The molecule has 0 aliphatic heterocycles. The lowest BCUT2D eigenvalue weighted by molar-refractivity contribution is -0.144. The number of esters is 1. The number of ether oxygens (including phenoxy) is 1. The maximum Gasteiger partial charge on any atom is 0.409 e. The Morgan fingerprint density at radius 3 is 2.80 bits per heavy atom. The van der Waals surface area contributed by atoms with E-state index < -0.39 is 18.7 Å². The van der Waals surface area contributed by atoms with Crippen LogP contribution in [-0.4, -0.2) is 33.7 Å². The minimum absolute atomic E-state index is 0.130. The van der Waals surface area contributed by atoms with E-state index in [4.69, 9.17) is 0 Å². The number of aromatic nitrogens is 3. The lowest BCUT2D eigenvalue weighted by atomic mass is 10.5. The summed E-state index contributed by atoms with van der Waals surface area (Å²) in [5, 5.41) is 6.61. The second-order valence-electron chi connectivity index (χ2n) is 2.60. The van der Waals surface area contributed by atoms with Crippen LogP contribution in [0.25, 0.3) is 0 Å². The van der Waals surface area contributed by atoms with Crippen LogP contribution in [0.5, 0.6) is 0 Å². The number of carbonyl (C=O) groups is 1. The molecule has 0 saturated carbocycles. The van der Waals surface area contributed by atoms with Crippen molar-refractivity contribution in [3.63, 3.8) is 0 Å². The highest BCUT2D eigenvalue weighted by Crippen LogP contribution is 2.16. The van der Waals surface area contributed by atoms with E-state index in [1.165, 1.54) is 0 Å². The molecule has 0 bridgehead atoms. The number of alkyl halides is 3. The molecule has 1 aromatic rings. The first-order chi connectivity index (χ1) is 6.92. The van der Waals surface area contributed by atoms with Crippen molar-refractivity contribution in [3.05, 3.63) is 11.9 Å². The molecule has 0 unspecified atom stereocenters. The van der Waals surface area contributed by atoms with Gasteiger partial charge in [0.05, 0.1) is 12.8 Å². The molecule has 0 N–H and O–H groups in total. The number of nitrogens with zero attached hydrogens (tertiary/aromatic N) is 3. The zero-order valence-electron chi connectivity index (χ0n) is 7.78. The molecule has 84 valence electrons. The van der Waals surface area contributed by atoms with E-state index in [0.717, 1.165) is 6.20 Å². The van der Waals surface area contributed by atoms with Gasteiger partial charge in [0.2, 0.25) is 0 Å². The van der Waals surface area contributed by atoms with Gasteiger partial charge in [-0.25, -0.2) is 4.79 Å². The Labute approximate surface area is 82.8 Å². The van der Waals surface area contributed by atoms with Crippen molar-refractivity contribution < 1.29 is 22.7 Å². The van der Waals surface area contributed by atoms with E-state index >= 15 is 0 Å². The van der Waals surface area contributed by atoms with Crippen LogP contribution in [0, 0.1) is 0 Å². The molecule has 1 rings (SSSR count). The molecule has 8 heteroatoms. The SMILES string of the molecule is CCOC(=O)c1cnn(CC(F)(F)F)n1. The number of hydrogen-bond donors (Lipinski definition) is 0. The van der Waals surface area contributed by atoms with E-state index in [1.807, 2.05) is 0 Å². The van der Waals surface area contributed by atoms with Gasteiger partial charge in [0.15, 0.2) is 12.2 Å². The van der Waals surface area contributed by atoms with Crippen molar-refractivity contribution in [2.45, 2.75) is 19.6 Å². The molecule has 15 heavy (non-hydrogen) atoms. The van der Waals surface area contributed by atoms with Crippen molar-refractivity contribution >= 4 is 5.97 Å².